The summed E-state index contributed by atoms with van der Waals surface area (Å²) in [5, 5.41) is 10.9. The SMILES string of the molecule is O=S(C1CCNCC1)N(Cc1ccc(C2=NN=C(C(F)F)C2)cc1)c1ccccc1. The molecule has 1 saturated heterocycles. The van der Waals surface area contributed by atoms with E-state index < -0.39 is 17.4 Å². The fourth-order valence-corrected chi connectivity index (χ4v) is 5.25. The molecule has 0 bridgehead atoms. The number of nitrogens with one attached hydrogen (secondary N) is 1. The summed E-state index contributed by atoms with van der Waals surface area (Å²) in [6, 6.07) is 17.4. The number of hydrogen-bond acceptors (Lipinski definition) is 4. The molecule has 1 N–H and O–H groups in total. The van der Waals surface area contributed by atoms with Gasteiger partial charge in [-0.15, -0.1) is 0 Å². The van der Waals surface area contributed by atoms with Crippen LogP contribution in [-0.4, -0.2) is 40.4 Å². The highest BCUT2D eigenvalue weighted by Gasteiger charge is 2.26. The number of nitrogens with zero attached hydrogens (tertiary/aromatic N) is 3. The third kappa shape index (κ3) is 4.82. The van der Waals surface area contributed by atoms with E-state index in [1.165, 1.54) is 0 Å². The van der Waals surface area contributed by atoms with Gasteiger partial charge < -0.3 is 5.32 Å². The van der Waals surface area contributed by atoms with Gasteiger partial charge in [0.15, 0.2) is 0 Å². The van der Waals surface area contributed by atoms with Crippen molar-refractivity contribution < 1.29 is 13.0 Å². The second-order valence-electron chi connectivity index (χ2n) is 7.41. The smallest absolute Gasteiger partial charge is 0.278 e. The van der Waals surface area contributed by atoms with Gasteiger partial charge in [-0.2, -0.15) is 10.2 Å². The minimum absolute atomic E-state index is 0.0763. The molecule has 1 unspecified atom stereocenters. The van der Waals surface area contributed by atoms with Crippen LogP contribution in [0, 0.1) is 0 Å². The van der Waals surface area contributed by atoms with Crippen LogP contribution >= 0.6 is 0 Å². The molecule has 30 heavy (non-hydrogen) atoms. The largest absolute Gasteiger partial charge is 0.317 e. The van der Waals surface area contributed by atoms with Crippen molar-refractivity contribution in [3.63, 3.8) is 0 Å². The number of piperidine rings is 1. The zero-order valence-electron chi connectivity index (χ0n) is 16.5. The van der Waals surface area contributed by atoms with Crippen molar-refractivity contribution >= 4 is 28.1 Å². The van der Waals surface area contributed by atoms with E-state index in [-0.39, 0.29) is 17.4 Å². The Kier molecular flexibility index (Phi) is 6.64. The molecule has 5 nitrogen and oxygen atoms in total. The normalized spacial score (nSPS) is 18.2. The van der Waals surface area contributed by atoms with E-state index in [1.54, 1.807) is 0 Å². The highest BCUT2D eigenvalue weighted by molar-refractivity contribution is 7.87. The van der Waals surface area contributed by atoms with Gasteiger partial charge in [0.05, 0.1) is 17.5 Å². The topological polar surface area (TPSA) is 57.1 Å². The predicted octanol–water partition coefficient (Wildman–Crippen LogP) is 3.92. The molecule has 0 aliphatic carbocycles. The third-order valence-electron chi connectivity index (χ3n) is 5.35. The Labute approximate surface area is 177 Å². The van der Waals surface area contributed by atoms with E-state index in [0.29, 0.717) is 12.3 Å². The van der Waals surface area contributed by atoms with Gasteiger partial charge in [-0.3, -0.25) is 4.31 Å². The van der Waals surface area contributed by atoms with Gasteiger partial charge in [0.25, 0.3) is 6.43 Å². The Morgan fingerprint density at radius 2 is 1.73 bits per heavy atom. The number of alkyl halides is 2. The Balaban J connectivity index is 1.50. The number of benzene rings is 2. The van der Waals surface area contributed by atoms with Crippen LogP contribution in [0.3, 0.4) is 0 Å². The Morgan fingerprint density at radius 3 is 2.37 bits per heavy atom. The summed E-state index contributed by atoms with van der Waals surface area (Å²) in [5.41, 5.74) is 3.06. The zero-order valence-corrected chi connectivity index (χ0v) is 17.3. The molecule has 2 aromatic rings. The van der Waals surface area contributed by atoms with Crippen LogP contribution < -0.4 is 9.62 Å². The number of hydrogen-bond donors (Lipinski definition) is 1. The first-order chi connectivity index (χ1) is 14.6. The number of halogens is 2. The van der Waals surface area contributed by atoms with Gasteiger partial charge >= 0.3 is 0 Å². The van der Waals surface area contributed by atoms with Crippen molar-refractivity contribution in [2.75, 3.05) is 17.4 Å². The second kappa shape index (κ2) is 9.57. The molecule has 0 saturated carbocycles. The Morgan fingerprint density at radius 1 is 1.03 bits per heavy atom. The first-order valence-corrected chi connectivity index (χ1v) is 11.2. The Bertz CT molecular complexity index is 941. The van der Waals surface area contributed by atoms with Crippen LogP contribution in [0.25, 0.3) is 0 Å². The molecule has 1 fully saturated rings. The van der Waals surface area contributed by atoms with E-state index in [1.807, 2.05) is 58.9 Å². The summed E-state index contributed by atoms with van der Waals surface area (Å²) in [6.07, 6.45) is -0.718. The third-order valence-corrected chi connectivity index (χ3v) is 7.16. The maximum Gasteiger partial charge on any atom is 0.278 e. The Hall–Kier alpha value is -2.45. The average Bonchev–Trinajstić information content (AvgIpc) is 3.29. The van der Waals surface area contributed by atoms with E-state index >= 15 is 0 Å². The number of anilines is 1. The molecule has 4 rings (SSSR count). The van der Waals surface area contributed by atoms with Crippen molar-refractivity contribution in [3.05, 3.63) is 65.7 Å². The lowest BCUT2D eigenvalue weighted by Gasteiger charge is -2.30. The molecule has 158 valence electrons. The first-order valence-electron chi connectivity index (χ1n) is 10.1. The molecule has 2 heterocycles. The standard InChI is InChI=1S/C22H24F2N4OS/c23-22(24)21-14-20(26-27-21)17-8-6-16(7-9-17)15-28(18-4-2-1-3-5-18)30(29)19-10-12-25-13-11-19/h1-9,19,22,25H,10-15H2. The van der Waals surface area contributed by atoms with Gasteiger partial charge in [-0.25, -0.2) is 13.0 Å². The molecule has 2 aliphatic heterocycles. The summed E-state index contributed by atoms with van der Waals surface area (Å²) < 4.78 is 40.9. The lowest BCUT2D eigenvalue weighted by Crippen LogP contribution is -2.40. The van der Waals surface area contributed by atoms with Crippen LogP contribution in [0.2, 0.25) is 0 Å². The lowest BCUT2D eigenvalue weighted by atomic mass is 10.0. The maximum atomic E-state index is 13.4. The minimum Gasteiger partial charge on any atom is -0.317 e. The van der Waals surface area contributed by atoms with Crippen LogP contribution in [0.4, 0.5) is 14.5 Å². The average molecular weight is 431 g/mol. The molecule has 0 radical (unpaired) electrons. The van der Waals surface area contributed by atoms with Gasteiger partial charge in [0.1, 0.15) is 16.7 Å². The summed E-state index contributed by atoms with van der Waals surface area (Å²) in [7, 11) is -1.15. The lowest BCUT2D eigenvalue weighted by molar-refractivity contribution is 0.224. The van der Waals surface area contributed by atoms with Crippen LogP contribution in [0.1, 0.15) is 30.4 Å². The van der Waals surface area contributed by atoms with Crippen molar-refractivity contribution in [3.8, 4) is 0 Å². The highest BCUT2D eigenvalue weighted by atomic mass is 32.2. The van der Waals surface area contributed by atoms with Crippen molar-refractivity contribution in [2.24, 2.45) is 10.2 Å². The summed E-state index contributed by atoms with van der Waals surface area (Å²) in [5.74, 6) is 0. The van der Waals surface area contributed by atoms with Crippen LogP contribution in [-0.2, 0) is 17.5 Å². The van der Waals surface area contributed by atoms with Gasteiger partial charge in [-0.05, 0) is 49.2 Å². The first kappa shape index (κ1) is 20.8. The van der Waals surface area contributed by atoms with Crippen molar-refractivity contribution in [2.45, 2.75) is 37.5 Å². The molecular weight excluding hydrogens is 406 g/mol. The number of para-hydroxylation sites is 1. The van der Waals surface area contributed by atoms with Gasteiger partial charge in [0.2, 0.25) is 0 Å². The molecular formula is C22H24F2N4OS. The maximum absolute atomic E-state index is 13.4. The van der Waals surface area contributed by atoms with Crippen molar-refractivity contribution in [1.82, 2.24) is 5.32 Å². The van der Waals surface area contributed by atoms with Crippen LogP contribution in [0.15, 0.2) is 64.8 Å². The molecule has 0 amide bonds. The van der Waals surface area contributed by atoms with E-state index in [0.717, 1.165) is 42.7 Å². The van der Waals surface area contributed by atoms with Gasteiger partial charge in [-0.1, -0.05) is 42.5 Å². The summed E-state index contributed by atoms with van der Waals surface area (Å²) in [4.78, 5) is 0. The molecule has 0 aromatic heterocycles. The summed E-state index contributed by atoms with van der Waals surface area (Å²) in [6.45, 7) is 2.28. The molecule has 0 spiro atoms. The monoisotopic (exact) mass is 430 g/mol. The fourth-order valence-electron chi connectivity index (χ4n) is 3.65. The molecule has 1 atom stereocenters. The quantitative estimate of drug-likeness (QED) is 0.724. The fraction of sp³-hybridized carbons (Fsp3) is 0.364. The molecule has 8 heteroatoms. The van der Waals surface area contributed by atoms with Crippen LogP contribution in [0.5, 0.6) is 0 Å². The highest BCUT2D eigenvalue weighted by Crippen LogP contribution is 2.24. The second-order valence-corrected chi connectivity index (χ2v) is 9.07. The minimum atomic E-state index is -2.57. The van der Waals surface area contributed by atoms with E-state index in [9.17, 15) is 13.0 Å². The van der Waals surface area contributed by atoms with E-state index in [2.05, 4.69) is 15.5 Å². The predicted molar refractivity (Wildman–Crippen MR) is 118 cm³/mol. The van der Waals surface area contributed by atoms with Gasteiger partial charge in [0, 0.05) is 12.1 Å². The summed E-state index contributed by atoms with van der Waals surface area (Å²) >= 11 is 0. The molecule has 2 aromatic carbocycles. The zero-order chi connectivity index (χ0) is 20.9. The molecule has 2 aliphatic rings. The number of rotatable bonds is 7. The van der Waals surface area contributed by atoms with Crippen molar-refractivity contribution in [1.29, 1.82) is 0 Å². The van der Waals surface area contributed by atoms with E-state index in [4.69, 9.17) is 0 Å².